The Hall–Kier alpha value is -3.90. The molecule has 0 spiro atoms. The number of aromatic nitrogens is 1. The molecule has 3 rings (SSSR count). The van der Waals surface area contributed by atoms with Gasteiger partial charge in [0.15, 0.2) is 18.2 Å². The van der Waals surface area contributed by atoms with Gasteiger partial charge in [-0.05, 0) is 50.2 Å². The molecule has 3 aromatic rings. The molecule has 0 unspecified atom stereocenters. The summed E-state index contributed by atoms with van der Waals surface area (Å²) in [5.74, 6) is -4.88. The molecule has 2 aromatic carbocycles. The number of carbonyl (C=O) groups excluding carboxylic acids is 2. The SMILES string of the molecule is CN(C(=O)c1c(F)cccc1Cl)c1ncc(-c2cc(C(=O)NC(C)(C)C(=O)O)ccc2Cl)cc1OCC(F)(F)F. The van der Waals surface area contributed by atoms with Crippen molar-refractivity contribution in [3.05, 3.63) is 75.7 Å². The third-order valence-corrected chi connectivity index (χ3v) is 6.17. The van der Waals surface area contributed by atoms with Crippen LogP contribution in [0.15, 0.2) is 48.7 Å². The highest BCUT2D eigenvalue weighted by Gasteiger charge is 2.32. The number of benzene rings is 2. The van der Waals surface area contributed by atoms with Crippen LogP contribution in [0, 0.1) is 5.82 Å². The van der Waals surface area contributed by atoms with Crippen molar-refractivity contribution in [2.75, 3.05) is 18.6 Å². The minimum Gasteiger partial charge on any atom is -0.480 e. The van der Waals surface area contributed by atoms with E-state index in [9.17, 15) is 37.1 Å². The van der Waals surface area contributed by atoms with Gasteiger partial charge in [-0.15, -0.1) is 0 Å². The second-order valence-electron chi connectivity index (χ2n) is 8.99. The Morgan fingerprint density at radius 3 is 2.35 bits per heavy atom. The number of carbonyl (C=O) groups is 3. The first-order valence-corrected chi connectivity index (χ1v) is 12.0. The van der Waals surface area contributed by atoms with Crippen LogP contribution in [-0.4, -0.2) is 53.2 Å². The average Bonchev–Trinajstić information content (AvgIpc) is 2.86. The highest BCUT2D eigenvalue weighted by atomic mass is 35.5. The van der Waals surface area contributed by atoms with Gasteiger partial charge >= 0.3 is 12.1 Å². The number of carboxylic acids is 1. The molecular weight excluding hydrogens is 581 g/mol. The molecule has 0 aliphatic heterocycles. The zero-order valence-electron chi connectivity index (χ0n) is 21.1. The number of nitrogens with one attached hydrogen (secondary N) is 1. The summed E-state index contributed by atoms with van der Waals surface area (Å²) in [6, 6.07) is 8.60. The van der Waals surface area contributed by atoms with Crippen LogP contribution in [0.4, 0.5) is 23.4 Å². The minimum absolute atomic E-state index is 0.00273. The van der Waals surface area contributed by atoms with E-state index in [-0.39, 0.29) is 32.6 Å². The summed E-state index contributed by atoms with van der Waals surface area (Å²) >= 11 is 12.3. The van der Waals surface area contributed by atoms with Crippen molar-refractivity contribution < 1.29 is 41.8 Å². The lowest BCUT2D eigenvalue weighted by Crippen LogP contribution is -2.49. The zero-order chi connectivity index (χ0) is 30.0. The van der Waals surface area contributed by atoms with Crippen LogP contribution >= 0.6 is 23.2 Å². The monoisotopic (exact) mass is 601 g/mol. The number of hydrogen-bond acceptors (Lipinski definition) is 5. The lowest BCUT2D eigenvalue weighted by Gasteiger charge is -2.22. The van der Waals surface area contributed by atoms with Crippen LogP contribution in [0.2, 0.25) is 10.0 Å². The lowest BCUT2D eigenvalue weighted by atomic mass is 10.0. The summed E-state index contributed by atoms with van der Waals surface area (Å²) in [7, 11) is 1.15. The second kappa shape index (κ2) is 11.7. The number of alkyl halides is 3. The predicted octanol–water partition coefficient (Wildman–Crippen LogP) is 6.01. The number of halogens is 6. The van der Waals surface area contributed by atoms with Crippen molar-refractivity contribution >= 4 is 46.8 Å². The van der Waals surface area contributed by atoms with Crippen molar-refractivity contribution in [2.45, 2.75) is 25.6 Å². The number of anilines is 1. The van der Waals surface area contributed by atoms with Crippen molar-refractivity contribution in [3.8, 4) is 16.9 Å². The first kappa shape index (κ1) is 30.6. The van der Waals surface area contributed by atoms with Gasteiger partial charge in [0.25, 0.3) is 11.8 Å². The van der Waals surface area contributed by atoms with Gasteiger partial charge in [0.1, 0.15) is 11.4 Å². The van der Waals surface area contributed by atoms with E-state index in [4.69, 9.17) is 27.9 Å². The zero-order valence-corrected chi connectivity index (χ0v) is 22.6. The van der Waals surface area contributed by atoms with Gasteiger partial charge in [-0.3, -0.25) is 14.5 Å². The van der Waals surface area contributed by atoms with Crippen LogP contribution in [0.1, 0.15) is 34.6 Å². The largest absolute Gasteiger partial charge is 0.480 e. The van der Waals surface area contributed by atoms with E-state index in [0.29, 0.717) is 0 Å². The van der Waals surface area contributed by atoms with Gasteiger partial charge in [0, 0.05) is 35.0 Å². The van der Waals surface area contributed by atoms with Crippen molar-refractivity contribution in [3.63, 3.8) is 0 Å². The van der Waals surface area contributed by atoms with E-state index in [1.807, 2.05) is 0 Å². The van der Waals surface area contributed by atoms with Gasteiger partial charge in [0.05, 0.1) is 10.6 Å². The fourth-order valence-electron chi connectivity index (χ4n) is 3.37. The van der Waals surface area contributed by atoms with Crippen molar-refractivity contribution in [1.29, 1.82) is 0 Å². The second-order valence-corrected chi connectivity index (χ2v) is 9.80. The summed E-state index contributed by atoms with van der Waals surface area (Å²) in [6.45, 7) is 0.820. The maximum Gasteiger partial charge on any atom is 0.422 e. The molecular formula is C26H21Cl2F4N3O5. The predicted molar refractivity (Wildman–Crippen MR) is 140 cm³/mol. The molecule has 1 aromatic heterocycles. The van der Waals surface area contributed by atoms with E-state index in [0.717, 1.165) is 30.3 Å². The quantitative estimate of drug-likeness (QED) is 0.306. The highest BCUT2D eigenvalue weighted by Crippen LogP contribution is 2.36. The van der Waals surface area contributed by atoms with Gasteiger partial charge in [-0.2, -0.15) is 13.2 Å². The number of pyridine rings is 1. The Labute approximate surface area is 235 Å². The number of nitrogens with zero attached hydrogens (tertiary/aromatic N) is 2. The normalized spacial score (nSPS) is 11.6. The molecule has 2 amide bonds. The number of hydrogen-bond donors (Lipinski definition) is 2. The van der Waals surface area contributed by atoms with Crippen LogP contribution in [0.25, 0.3) is 11.1 Å². The van der Waals surface area contributed by atoms with Crippen LogP contribution in [0.3, 0.4) is 0 Å². The molecule has 0 atom stereocenters. The number of amides is 2. The van der Waals surface area contributed by atoms with E-state index >= 15 is 0 Å². The molecule has 0 bridgehead atoms. The van der Waals surface area contributed by atoms with Gasteiger partial charge in [-0.25, -0.2) is 14.2 Å². The highest BCUT2D eigenvalue weighted by molar-refractivity contribution is 6.34. The topological polar surface area (TPSA) is 109 Å². The number of rotatable bonds is 8. The average molecular weight is 602 g/mol. The maximum atomic E-state index is 14.3. The van der Waals surface area contributed by atoms with E-state index in [1.54, 1.807) is 0 Å². The number of aliphatic carboxylic acids is 1. The standard InChI is InChI=1S/C26H21Cl2F4N3O5/c1-25(2,24(38)39)34-22(36)13-7-8-16(27)15(9-13)14-10-19(40-12-26(30,31)32)21(33-11-14)35(3)23(37)20-17(28)5-4-6-18(20)29/h4-11H,12H2,1-3H3,(H,34,36)(H,38,39). The fourth-order valence-corrected chi connectivity index (χ4v) is 3.84. The lowest BCUT2D eigenvalue weighted by molar-refractivity contribution is -0.153. The molecule has 0 radical (unpaired) electrons. The van der Waals surface area contributed by atoms with E-state index in [2.05, 4.69) is 10.3 Å². The molecule has 0 fully saturated rings. The van der Waals surface area contributed by atoms with Crippen LogP contribution < -0.4 is 15.0 Å². The third-order valence-electron chi connectivity index (χ3n) is 5.52. The van der Waals surface area contributed by atoms with Crippen LogP contribution in [-0.2, 0) is 4.79 Å². The summed E-state index contributed by atoms with van der Waals surface area (Å²) in [5, 5.41) is 11.5. The first-order chi connectivity index (χ1) is 18.5. The Bertz CT molecular complexity index is 1460. The third kappa shape index (κ3) is 6.99. The molecule has 1 heterocycles. The summed E-state index contributed by atoms with van der Waals surface area (Å²) in [5.41, 5.74) is -1.88. The van der Waals surface area contributed by atoms with Crippen molar-refractivity contribution in [2.24, 2.45) is 0 Å². The molecule has 212 valence electrons. The summed E-state index contributed by atoms with van der Waals surface area (Å²) in [6.07, 6.45) is -3.59. The minimum atomic E-state index is -4.75. The van der Waals surface area contributed by atoms with E-state index in [1.165, 1.54) is 44.2 Å². The van der Waals surface area contributed by atoms with Gasteiger partial charge in [-0.1, -0.05) is 29.3 Å². The first-order valence-electron chi connectivity index (χ1n) is 11.3. The Morgan fingerprint density at radius 1 is 1.07 bits per heavy atom. The molecule has 0 saturated heterocycles. The number of ether oxygens (including phenoxy) is 1. The summed E-state index contributed by atoms with van der Waals surface area (Å²) in [4.78, 5) is 41.9. The molecule has 0 aliphatic carbocycles. The fraction of sp³-hybridized carbons (Fsp3) is 0.231. The maximum absolute atomic E-state index is 14.3. The Kier molecular flexibility index (Phi) is 8.95. The summed E-state index contributed by atoms with van der Waals surface area (Å²) < 4.78 is 58.4. The molecule has 0 aliphatic rings. The molecule has 14 heteroatoms. The van der Waals surface area contributed by atoms with Crippen LogP contribution in [0.5, 0.6) is 5.75 Å². The smallest absolute Gasteiger partial charge is 0.422 e. The molecule has 0 saturated carbocycles. The molecule has 2 N–H and O–H groups in total. The molecule has 8 nitrogen and oxygen atoms in total. The van der Waals surface area contributed by atoms with Gasteiger partial charge in [0.2, 0.25) is 0 Å². The van der Waals surface area contributed by atoms with E-state index < -0.39 is 53.2 Å². The Balaban J connectivity index is 2.06. The van der Waals surface area contributed by atoms with Crippen molar-refractivity contribution in [1.82, 2.24) is 10.3 Å². The molecule has 40 heavy (non-hydrogen) atoms. The Morgan fingerprint density at radius 2 is 1.75 bits per heavy atom. The number of carboxylic acid groups (broad SMARTS) is 1. The van der Waals surface area contributed by atoms with Gasteiger partial charge < -0.3 is 15.2 Å².